The number of methoxy groups -OCH3 is 1. The number of aromatic nitrogens is 2. The summed E-state index contributed by atoms with van der Waals surface area (Å²) in [5.41, 5.74) is -0.149. The molecule has 1 aromatic carbocycles. The summed E-state index contributed by atoms with van der Waals surface area (Å²) in [6, 6.07) is 8.34. The Kier molecular flexibility index (Phi) is 4.43. The molecule has 3 N–H and O–H groups in total. The maximum atomic E-state index is 11.6. The Bertz CT molecular complexity index is 615. The Morgan fingerprint density at radius 3 is 2.50 bits per heavy atom. The van der Waals surface area contributed by atoms with Crippen LogP contribution >= 0.6 is 0 Å². The minimum atomic E-state index is -0.360. The van der Waals surface area contributed by atoms with E-state index in [9.17, 15) is 9.59 Å². The molecular weight excluding hydrogens is 262 g/mol. The topological polar surface area (TPSA) is 96.2 Å². The largest absolute Gasteiger partial charge is 0.497 e. The van der Waals surface area contributed by atoms with Gasteiger partial charge in [0.15, 0.2) is 0 Å². The van der Waals surface area contributed by atoms with Crippen molar-refractivity contribution in [3.8, 4) is 11.5 Å². The van der Waals surface area contributed by atoms with E-state index in [1.54, 1.807) is 31.4 Å². The molecule has 0 atom stereocenters. The number of ether oxygens (including phenoxy) is 2. The van der Waals surface area contributed by atoms with Gasteiger partial charge in [-0.25, -0.2) is 0 Å². The average molecular weight is 277 g/mol. The van der Waals surface area contributed by atoms with Crippen molar-refractivity contribution in [1.82, 2.24) is 15.5 Å². The van der Waals surface area contributed by atoms with E-state index >= 15 is 0 Å². The number of rotatable bonds is 6. The predicted octanol–water partition coefficient (Wildman–Crippen LogP) is 0.520. The molecule has 1 amide bonds. The zero-order chi connectivity index (χ0) is 14.4. The smallest absolute Gasteiger partial charge is 0.269 e. The second-order valence-corrected chi connectivity index (χ2v) is 3.95. The van der Waals surface area contributed by atoms with Crippen LogP contribution in [0.25, 0.3) is 0 Å². The highest BCUT2D eigenvalue weighted by molar-refractivity contribution is 5.92. The molecule has 0 aliphatic heterocycles. The molecule has 0 radical (unpaired) electrons. The minimum absolute atomic E-state index is 0.194. The third-order valence-corrected chi connectivity index (χ3v) is 2.56. The van der Waals surface area contributed by atoms with Crippen LogP contribution in [0, 0.1) is 0 Å². The first-order valence-corrected chi connectivity index (χ1v) is 6.02. The zero-order valence-electron chi connectivity index (χ0n) is 10.9. The van der Waals surface area contributed by atoms with Gasteiger partial charge in [0, 0.05) is 6.07 Å². The fraction of sp³-hybridized carbons (Fsp3) is 0.231. The van der Waals surface area contributed by atoms with Gasteiger partial charge in [-0.05, 0) is 24.3 Å². The summed E-state index contributed by atoms with van der Waals surface area (Å²) < 4.78 is 10.5. The van der Waals surface area contributed by atoms with Crippen molar-refractivity contribution in [1.29, 1.82) is 0 Å². The van der Waals surface area contributed by atoms with E-state index in [0.29, 0.717) is 18.9 Å². The summed E-state index contributed by atoms with van der Waals surface area (Å²) in [6.45, 7) is 0.658. The van der Waals surface area contributed by atoms with Gasteiger partial charge in [-0.2, -0.15) is 0 Å². The van der Waals surface area contributed by atoms with Gasteiger partial charge in [0.2, 0.25) is 0 Å². The van der Waals surface area contributed by atoms with Crippen molar-refractivity contribution in [3.05, 3.63) is 46.4 Å². The van der Waals surface area contributed by atoms with Crippen molar-refractivity contribution in [2.75, 3.05) is 20.3 Å². The zero-order valence-corrected chi connectivity index (χ0v) is 10.9. The predicted molar refractivity (Wildman–Crippen MR) is 72.2 cm³/mol. The second kappa shape index (κ2) is 6.46. The SMILES string of the molecule is COc1ccc(OCCNC(=O)c2cc(=O)[nH][nH]2)cc1. The van der Waals surface area contributed by atoms with E-state index in [1.807, 2.05) is 0 Å². The number of hydrogen-bond donors (Lipinski definition) is 3. The van der Waals surface area contributed by atoms with Crippen molar-refractivity contribution < 1.29 is 14.3 Å². The number of H-pyrrole nitrogens is 2. The fourth-order valence-electron chi connectivity index (χ4n) is 1.56. The maximum Gasteiger partial charge on any atom is 0.269 e. The molecule has 0 saturated heterocycles. The molecule has 2 aromatic rings. The van der Waals surface area contributed by atoms with Crippen molar-refractivity contribution in [2.45, 2.75) is 0 Å². The molecule has 7 nitrogen and oxygen atoms in total. The maximum absolute atomic E-state index is 11.6. The van der Waals surface area contributed by atoms with E-state index in [-0.39, 0.29) is 17.2 Å². The van der Waals surface area contributed by atoms with E-state index in [1.165, 1.54) is 6.07 Å². The molecular formula is C13H15N3O4. The molecule has 0 fully saturated rings. The number of carbonyl (C=O) groups is 1. The van der Waals surface area contributed by atoms with Crippen molar-refractivity contribution >= 4 is 5.91 Å². The molecule has 0 aliphatic rings. The normalized spacial score (nSPS) is 10.1. The van der Waals surface area contributed by atoms with Crippen LogP contribution in [0.4, 0.5) is 0 Å². The summed E-state index contributed by atoms with van der Waals surface area (Å²) >= 11 is 0. The molecule has 0 unspecified atom stereocenters. The first-order valence-electron chi connectivity index (χ1n) is 6.02. The van der Waals surface area contributed by atoms with Crippen LogP contribution in [0.15, 0.2) is 35.1 Å². The van der Waals surface area contributed by atoms with E-state index in [2.05, 4.69) is 15.5 Å². The van der Waals surface area contributed by atoms with Gasteiger partial charge in [-0.3, -0.25) is 19.8 Å². The summed E-state index contributed by atoms with van der Waals surface area (Å²) in [4.78, 5) is 22.4. The molecule has 0 spiro atoms. The van der Waals surface area contributed by atoms with Gasteiger partial charge < -0.3 is 14.8 Å². The molecule has 7 heteroatoms. The summed E-state index contributed by atoms with van der Waals surface area (Å²) in [6.07, 6.45) is 0. The average Bonchev–Trinajstić information content (AvgIpc) is 2.91. The minimum Gasteiger partial charge on any atom is -0.497 e. The molecule has 20 heavy (non-hydrogen) atoms. The van der Waals surface area contributed by atoms with Gasteiger partial charge in [0.25, 0.3) is 11.5 Å². The summed E-state index contributed by atoms with van der Waals surface area (Å²) in [7, 11) is 1.59. The Labute approximate surface area is 114 Å². The lowest BCUT2D eigenvalue weighted by Gasteiger charge is -2.07. The van der Waals surface area contributed by atoms with Crippen LogP contribution in [-0.2, 0) is 0 Å². The number of benzene rings is 1. The summed E-state index contributed by atoms with van der Waals surface area (Å²) in [5.74, 6) is 1.08. The second-order valence-electron chi connectivity index (χ2n) is 3.95. The highest BCUT2D eigenvalue weighted by Gasteiger charge is 2.06. The highest BCUT2D eigenvalue weighted by Crippen LogP contribution is 2.16. The molecule has 1 aromatic heterocycles. The van der Waals surface area contributed by atoms with Crippen LogP contribution < -0.4 is 20.3 Å². The highest BCUT2D eigenvalue weighted by atomic mass is 16.5. The number of nitrogens with one attached hydrogen (secondary N) is 3. The third-order valence-electron chi connectivity index (χ3n) is 2.56. The Morgan fingerprint density at radius 2 is 1.90 bits per heavy atom. The lowest BCUT2D eigenvalue weighted by molar-refractivity contribution is 0.0942. The monoisotopic (exact) mass is 277 g/mol. The first kappa shape index (κ1) is 13.7. The molecule has 2 rings (SSSR count). The van der Waals surface area contributed by atoms with Crippen LogP contribution in [0.1, 0.15) is 10.5 Å². The van der Waals surface area contributed by atoms with Gasteiger partial charge in [0.05, 0.1) is 13.7 Å². The van der Waals surface area contributed by atoms with Crippen LogP contribution in [0.3, 0.4) is 0 Å². The van der Waals surface area contributed by atoms with Crippen LogP contribution in [-0.4, -0.2) is 36.4 Å². The van der Waals surface area contributed by atoms with Crippen molar-refractivity contribution in [2.24, 2.45) is 0 Å². The summed E-state index contributed by atoms with van der Waals surface area (Å²) in [5, 5.41) is 7.39. The quantitative estimate of drug-likeness (QED) is 0.671. The van der Waals surface area contributed by atoms with Gasteiger partial charge in [-0.1, -0.05) is 0 Å². The number of aromatic amines is 2. The Morgan fingerprint density at radius 1 is 1.20 bits per heavy atom. The Hall–Kier alpha value is -2.70. The number of amides is 1. The van der Waals surface area contributed by atoms with E-state index < -0.39 is 0 Å². The fourth-order valence-corrected chi connectivity index (χ4v) is 1.56. The number of carbonyl (C=O) groups excluding carboxylic acids is 1. The third kappa shape index (κ3) is 3.64. The molecule has 0 bridgehead atoms. The van der Waals surface area contributed by atoms with Gasteiger partial charge in [0.1, 0.15) is 23.8 Å². The Balaban J connectivity index is 1.73. The number of hydrogen-bond acceptors (Lipinski definition) is 4. The van der Waals surface area contributed by atoms with Crippen LogP contribution in [0.5, 0.6) is 11.5 Å². The van der Waals surface area contributed by atoms with E-state index in [0.717, 1.165) is 5.75 Å². The van der Waals surface area contributed by atoms with E-state index in [4.69, 9.17) is 9.47 Å². The van der Waals surface area contributed by atoms with Gasteiger partial charge in [-0.15, -0.1) is 0 Å². The van der Waals surface area contributed by atoms with Crippen LogP contribution in [0.2, 0.25) is 0 Å². The molecule has 1 heterocycles. The first-order chi connectivity index (χ1) is 9.69. The van der Waals surface area contributed by atoms with Gasteiger partial charge >= 0.3 is 0 Å². The lowest BCUT2D eigenvalue weighted by Crippen LogP contribution is -2.28. The van der Waals surface area contributed by atoms with Crippen molar-refractivity contribution in [3.63, 3.8) is 0 Å². The standard InChI is InChI=1S/C13H15N3O4/c1-19-9-2-4-10(5-3-9)20-7-6-14-13(18)11-8-12(17)16-15-11/h2-5,8H,6-7H2,1H3,(H,14,18)(H2,15,16,17). The molecule has 106 valence electrons. The molecule has 0 aliphatic carbocycles. The molecule has 0 saturated carbocycles. The lowest BCUT2D eigenvalue weighted by atomic mass is 10.3.